The molecule has 3 aromatic rings. The molecular weight excluding hydrogens is 441 g/mol. The van der Waals surface area contributed by atoms with Crippen LogP contribution in [0.5, 0.6) is 0 Å². The van der Waals surface area contributed by atoms with Gasteiger partial charge in [0.2, 0.25) is 17.8 Å². The number of aromatic nitrogens is 2. The molecular formula is C21H17Cl2N5O3. The average Bonchev–Trinajstić information content (AvgIpc) is 2.71. The van der Waals surface area contributed by atoms with E-state index in [2.05, 4.69) is 25.9 Å². The number of anilines is 4. The predicted molar refractivity (Wildman–Crippen MR) is 120 cm³/mol. The summed E-state index contributed by atoms with van der Waals surface area (Å²) in [6.45, 7) is 1.85. The number of H-pyrrole nitrogens is 1. The third kappa shape index (κ3) is 4.40. The standard InChI is InChI=1S/C21H17Cl2N5O3/c1-10-4-2-3-5-14(10)24-19(30)12-9-16(29)26-18-17(12)20(31)28-21(27-18)25-15-7-6-11(22)8-13(15)23/h2-8,12H,9H2,1H3,(H,24,30)(H3,25,26,27,28,29,31). The fourth-order valence-electron chi connectivity index (χ4n) is 3.31. The topological polar surface area (TPSA) is 116 Å². The zero-order chi connectivity index (χ0) is 22.1. The van der Waals surface area contributed by atoms with Crippen molar-refractivity contribution in [1.29, 1.82) is 0 Å². The van der Waals surface area contributed by atoms with Gasteiger partial charge in [0.1, 0.15) is 5.82 Å². The van der Waals surface area contributed by atoms with E-state index >= 15 is 0 Å². The molecule has 8 nitrogen and oxygen atoms in total. The highest BCUT2D eigenvalue weighted by molar-refractivity contribution is 6.36. The largest absolute Gasteiger partial charge is 0.325 e. The van der Waals surface area contributed by atoms with Gasteiger partial charge < -0.3 is 16.0 Å². The molecule has 158 valence electrons. The highest BCUT2D eigenvalue weighted by Gasteiger charge is 2.35. The van der Waals surface area contributed by atoms with Crippen molar-refractivity contribution >= 4 is 58.2 Å². The second kappa shape index (κ2) is 8.41. The predicted octanol–water partition coefficient (Wildman–Crippen LogP) is 4.19. The lowest BCUT2D eigenvalue weighted by atomic mass is 9.92. The van der Waals surface area contributed by atoms with Crippen molar-refractivity contribution in [2.75, 3.05) is 16.0 Å². The summed E-state index contributed by atoms with van der Waals surface area (Å²) in [5.74, 6) is -1.76. The third-order valence-corrected chi connectivity index (χ3v) is 5.40. The molecule has 0 aliphatic carbocycles. The van der Waals surface area contributed by atoms with Crippen LogP contribution >= 0.6 is 23.2 Å². The van der Waals surface area contributed by atoms with E-state index in [1.807, 2.05) is 19.1 Å². The maximum Gasteiger partial charge on any atom is 0.258 e. The maximum atomic E-state index is 12.9. The smallest absolute Gasteiger partial charge is 0.258 e. The van der Waals surface area contributed by atoms with Crippen LogP contribution < -0.4 is 21.5 Å². The molecule has 10 heteroatoms. The van der Waals surface area contributed by atoms with E-state index < -0.39 is 23.3 Å². The molecule has 1 aromatic heterocycles. The molecule has 0 bridgehead atoms. The number of nitrogens with one attached hydrogen (secondary N) is 4. The van der Waals surface area contributed by atoms with E-state index in [1.165, 1.54) is 6.07 Å². The number of carbonyl (C=O) groups is 2. The summed E-state index contributed by atoms with van der Waals surface area (Å²) < 4.78 is 0. The molecule has 2 heterocycles. The molecule has 1 aliphatic heterocycles. The molecule has 0 spiro atoms. The zero-order valence-corrected chi connectivity index (χ0v) is 17.8. The van der Waals surface area contributed by atoms with Gasteiger partial charge >= 0.3 is 0 Å². The maximum absolute atomic E-state index is 12.9. The number of hydrogen-bond acceptors (Lipinski definition) is 5. The first-order valence-electron chi connectivity index (χ1n) is 9.34. The second-order valence-electron chi connectivity index (χ2n) is 7.04. The van der Waals surface area contributed by atoms with Crippen LogP contribution in [0.4, 0.5) is 23.1 Å². The Balaban J connectivity index is 1.66. The van der Waals surface area contributed by atoms with Crippen LogP contribution in [-0.4, -0.2) is 21.8 Å². The first kappa shape index (κ1) is 20.9. The van der Waals surface area contributed by atoms with E-state index in [9.17, 15) is 14.4 Å². The summed E-state index contributed by atoms with van der Waals surface area (Å²) >= 11 is 12.0. The minimum Gasteiger partial charge on any atom is -0.325 e. The fraction of sp³-hybridized carbons (Fsp3) is 0.143. The number of para-hydroxylation sites is 1. The van der Waals surface area contributed by atoms with Gasteiger partial charge in [0, 0.05) is 17.1 Å². The number of aryl methyl sites for hydroxylation is 1. The zero-order valence-electron chi connectivity index (χ0n) is 16.3. The van der Waals surface area contributed by atoms with Crippen LogP contribution in [0.3, 0.4) is 0 Å². The van der Waals surface area contributed by atoms with E-state index in [1.54, 1.807) is 24.3 Å². The average molecular weight is 458 g/mol. The molecule has 0 radical (unpaired) electrons. The second-order valence-corrected chi connectivity index (χ2v) is 7.88. The molecule has 4 N–H and O–H groups in total. The van der Waals surface area contributed by atoms with Crippen molar-refractivity contribution in [1.82, 2.24) is 9.97 Å². The first-order chi connectivity index (χ1) is 14.8. The van der Waals surface area contributed by atoms with Gasteiger partial charge in [0.05, 0.1) is 22.2 Å². The number of aromatic amines is 1. The molecule has 0 fully saturated rings. The Morgan fingerprint density at radius 2 is 1.90 bits per heavy atom. The van der Waals surface area contributed by atoms with Crippen molar-refractivity contribution in [2.24, 2.45) is 0 Å². The van der Waals surface area contributed by atoms with Gasteiger partial charge in [-0.15, -0.1) is 0 Å². The Hall–Kier alpha value is -3.36. The van der Waals surface area contributed by atoms with Gasteiger partial charge in [-0.2, -0.15) is 4.98 Å². The SMILES string of the molecule is Cc1ccccc1NC(=O)C1CC(=O)Nc2nc(Nc3ccc(Cl)cc3Cl)[nH]c(=O)c21. The number of nitrogens with zero attached hydrogens (tertiary/aromatic N) is 1. The number of hydrogen-bond donors (Lipinski definition) is 4. The van der Waals surface area contributed by atoms with E-state index in [0.717, 1.165) is 5.56 Å². The highest BCUT2D eigenvalue weighted by Crippen LogP contribution is 2.32. The number of carbonyl (C=O) groups excluding carboxylic acids is 2. The number of rotatable bonds is 4. The normalized spacial score (nSPS) is 15.1. The van der Waals surface area contributed by atoms with Gasteiger partial charge in [0.25, 0.3) is 5.56 Å². The summed E-state index contributed by atoms with van der Waals surface area (Å²) in [7, 11) is 0. The van der Waals surface area contributed by atoms with Crippen molar-refractivity contribution in [2.45, 2.75) is 19.3 Å². The van der Waals surface area contributed by atoms with Gasteiger partial charge in [-0.25, -0.2) is 0 Å². The Morgan fingerprint density at radius 1 is 1.13 bits per heavy atom. The van der Waals surface area contributed by atoms with Gasteiger partial charge in [-0.3, -0.25) is 19.4 Å². The fourth-order valence-corrected chi connectivity index (χ4v) is 3.76. The Kier molecular flexibility index (Phi) is 5.67. The first-order valence-corrected chi connectivity index (χ1v) is 10.1. The lowest BCUT2D eigenvalue weighted by Gasteiger charge is -2.24. The number of halogens is 2. The van der Waals surface area contributed by atoms with E-state index in [4.69, 9.17) is 23.2 Å². The van der Waals surface area contributed by atoms with Crippen LogP contribution in [0.25, 0.3) is 0 Å². The van der Waals surface area contributed by atoms with Gasteiger partial charge in [-0.1, -0.05) is 41.4 Å². The molecule has 0 saturated carbocycles. The molecule has 2 aromatic carbocycles. The third-order valence-electron chi connectivity index (χ3n) is 4.85. The quantitative estimate of drug-likeness (QED) is 0.468. The van der Waals surface area contributed by atoms with Crippen LogP contribution in [0.15, 0.2) is 47.3 Å². The number of fused-ring (bicyclic) bond motifs is 1. The molecule has 1 atom stereocenters. The molecule has 0 saturated heterocycles. The summed E-state index contributed by atoms with van der Waals surface area (Å²) in [4.78, 5) is 44.9. The molecule has 2 amide bonds. The summed E-state index contributed by atoms with van der Waals surface area (Å²) in [6.07, 6.45) is -0.161. The summed E-state index contributed by atoms with van der Waals surface area (Å²) in [5, 5.41) is 9.03. The minimum absolute atomic E-state index is 0.0255. The summed E-state index contributed by atoms with van der Waals surface area (Å²) in [5.41, 5.74) is 1.49. The van der Waals surface area contributed by atoms with Crippen molar-refractivity contribution in [3.05, 3.63) is 74.0 Å². The van der Waals surface area contributed by atoms with Crippen LogP contribution in [0.1, 0.15) is 23.5 Å². The highest BCUT2D eigenvalue weighted by atomic mass is 35.5. The van der Waals surface area contributed by atoms with Crippen molar-refractivity contribution in [3.63, 3.8) is 0 Å². The van der Waals surface area contributed by atoms with Crippen LogP contribution in [-0.2, 0) is 9.59 Å². The van der Waals surface area contributed by atoms with Gasteiger partial charge in [-0.05, 0) is 36.8 Å². The van der Waals surface area contributed by atoms with Crippen molar-refractivity contribution < 1.29 is 9.59 Å². The number of amides is 2. The Bertz CT molecular complexity index is 1260. The minimum atomic E-state index is -0.979. The van der Waals surface area contributed by atoms with Crippen LogP contribution in [0.2, 0.25) is 10.0 Å². The Labute approximate surface area is 187 Å². The molecule has 1 aliphatic rings. The lowest BCUT2D eigenvalue weighted by Crippen LogP contribution is -2.36. The monoisotopic (exact) mass is 457 g/mol. The van der Waals surface area contributed by atoms with Crippen molar-refractivity contribution in [3.8, 4) is 0 Å². The molecule has 31 heavy (non-hydrogen) atoms. The number of benzene rings is 2. The summed E-state index contributed by atoms with van der Waals surface area (Å²) in [6, 6.07) is 12.0. The van der Waals surface area contributed by atoms with Gasteiger partial charge in [0.15, 0.2) is 0 Å². The lowest BCUT2D eigenvalue weighted by molar-refractivity contribution is -0.123. The molecule has 1 unspecified atom stereocenters. The van der Waals surface area contributed by atoms with E-state index in [0.29, 0.717) is 21.4 Å². The van der Waals surface area contributed by atoms with Crippen LogP contribution in [0, 0.1) is 6.92 Å². The van der Waals surface area contributed by atoms with E-state index in [-0.39, 0.29) is 23.8 Å². The molecule has 4 rings (SSSR count). The Morgan fingerprint density at radius 3 is 2.65 bits per heavy atom.